The second-order valence-corrected chi connectivity index (χ2v) is 3.75. The van der Waals surface area contributed by atoms with Crippen LogP contribution in [0.4, 0.5) is 5.69 Å². The predicted octanol–water partition coefficient (Wildman–Crippen LogP) is 1.21. The van der Waals surface area contributed by atoms with Gasteiger partial charge in [-0.1, -0.05) is 6.07 Å². The van der Waals surface area contributed by atoms with Gasteiger partial charge >= 0.3 is 11.9 Å². The second-order valence-electron chi connectivity index (χ2n) is 3.75. The highest BCUT2D eigenvalue weighted by atomic mass is 16.4. The van der Waals surface area contributed by atoms with E-state index in [-0.39, 0.29) is 11.1 Å². The largest absolute Gasteiger partial charge is 0.478 e. The van der Waals surface area contributed by atoms with Crippen molar-refractivity contribution < 1.29 is 19.8 Å². The Morgan fingerprint density at radius 2 is 1.81 bits per heavy atom. The van der Waals surface area contributed by atoms with E-state index in [4.69, 9.17) is 10.2 Å². The predicted molar refractivity (Wildman–Crippen MR) is 57.3 cm³/mol. The minimum atomic E-state index is -1.09. The highest BCUT2D eigenvalue weighted by Crippen LogP contribution is 2.32. The molecule has 0 bridgehead atoms. The molecule has 1 aliphatic heterocycles. The summed E-state index contributed by atoms with van der Waals surface area (Å²) < 4.78 is 0. The van der Waals surface area contributed by atoms with Crippen LogP contribution in [0.1, 0.15) is 26.3 Å². The molecule has 1 heterocycles. The Balaban J connectivity index is 2.69. The summed E-state index contributed by atoms with van der Waals surface area (Å²) in [6.07, 6.45) is 0. The van der Waals surface area contributed by atoms with Gasteiger partial charge in [0, 0.05) is 13.1 Å². The number of rotatable bonds is 3. The second kappa shape index (κ2) is 3.52. The third-order valence-electron chi connectivity index (χ3n) is 2.59. The van der Waals surface area contributed by atoms with Crippen molar-refractivity contribution in [1.82, 2.24) is 0 Å². The van der Waals surface area contributed by atoms with Crippen molar-refractivity contribution in [1.29, 1.82) is 0 Å². The van der Waals surface area contributed by atoms with Crippen LogP contribution in [0.5, 0.6) is 0 Å². The van der Waals surface area contributed by atoms with Crippen molar-refractivity contribution in [3.8, 4) is 0 Å². The Bertz CT molecular complexity index is 477. The molecule has 0 spiro atoms. The lowest BCUT2D eigenvalue weighted by Gasteiger charge is -2.13. The molecule has 2 N–H and O–H groups in total. The van der Waals surface area contributed by atoms with Gasteiger partial charge < -0.3 is 15.1 Å². The Kier molecular flexibility index (Phi) is 2.30. The summed E-state index contributed by atoms with van der Waals surface area (Å²) in [7, 11) is 0. The van der Waals surface area contributed by atoms with Gasteiger partial charge in [0.1, 0.15) is 0 Å². The van der Waals surface area contributed by atoms with Gasteiger partial charge in [-0.15, -0.1) is 0 Å². The SMILES string of the molecule is Cc1ccc(C(=O)O)c(N2CC2)c1C(=O)O. The summed E-state index contributed by atoms with van der Waals surface area (Å²) in [5, 5.41) is 18.1. The van der Waals surface area contributed by atoms with Gasteiger partial charge in [0.2, 0.25) is 0 Å². The Hall–Kier alpha value is -2.04. The zero-order chi connectivity index (χ0) is 11.9. The third kappa shape index (κ3) is 1.60. The average Bonchev–Trinajstić information content (AvgIpc) is 2.98. The van der Waals surface area contributed by atoms with E-state index in [1.54, 1.807) is 11.8 Å². The normalized spacial score (nSPS) is 13.7. The Labute approximate surface area is 91.9 Å². The molecule has 0 amide bonds. The van der Waals surface area contributed by atoms with Crippen LogP contribution in [-0.4, -0.2) is 35.2 Å². The third-order valence-corrected chi connectivity index (χ3v) is 2.59. The van der Waals surface area contributed by atoms with Crippen molar-refractivity contribution in [2.24, 2.45) is 0 Å². The zero-order valence-corrected chi connectivity index (χ0v) is 8.73. The van der Waals surface area contributed by atoms with Gasteiger partial charge in [0.15, 0.2) is 0 Å². The van der Waals surface area contributed by atoms with Gasteiger partial charge in [0.05, 0.1) is 16.8 Å². The van der Waals surface area contributed by atoms with Gasteiger partial charge in [-0.25, -0.2) is 9.59 Å². The molecule has 0 radical (unpaired) electrons. The van der Waals surface area contributed by atoms with Crippen molar-refractivity contribution >= 4 is 17.6 Å². The fourth-order valence-corrected chi connectivity index (χ4v) is 1.74. The average molecular weight is 221 g/mol. The van der Waals surface area contributed by atoms with E-state index < -0.39 is 11.9 Å². The molecule has 0 aromatic heterocycles. The van der Waals surface area contributed by atoms with Crippen LogP contribution in [0.2, 0.25) is 0 Å². The van der Waals surface area contributed by atoms with Crippen LogP contribution >= 0.6 is 0 Å². The quantitative estimate of drug-likeness (QED) is 0.750. The number of anilines is 1. The Morgan fingerprint density at radius 1 is 1.19 bits per heavy atom. The molecule has 5 nitrogen and oxygen atoms in total. The molecule has 1 aliphatic rings. The minimum Gasteiger partial charge on any atom is -0.478 e. The topological polar surface area (TPSA) is 77.6 Å². The van der Waals surface area contributed by atoms with Crippen molar-refractivity contribution in [2.45, 2.75) is 6.92 Å². The van der Waals surface area contributed by atoms with Gasteiger partial charge in [-0.05, 0) is 18.6 Å². The first kappa shape index (κ1) is 10.5. The smallest absolute Gasteiger partial charge is 0.338 e. The highest BCUT2D eigenvalue weighted by molar-refractivity contribution is 6.05. The number of benzene rings is 1. The lowest BCUT2D eigenvalue weighted by atomic mass is 10.0. The fourth-order valence-electron chi connectivity index (χ4n) is 1.74. The maximum atomic E-state index is 11.1. The number of nitrogens with zero attached hydrogens (tertiary/aromatic N) is 1. The minimum absolute atomic E-state index is 0.0560. The number of hydrogen-bond acceptors (Lipinski definition) is 3. The molecule has 0 saturated carbocycles. The molecular weight excluding hydrogens is 210 g/mol. The summed E-state index contributed by atoms with van der Waals surface area (Å²) >= 11 is 0. The summed E-state index contributed by atoms with van der Waals surface area (Å²) in [4.78, 5) is 23.9. The van der Waals surface area contributed by atoms with Crippen molar-refractivity contribution in [3.63, 3.8) is 0 Å². The highest BCUT2D eigenvalue weighted by Gasteiger charge is 2.30. The van der Waals surface area contributed by atoms with Gasteiger partial charge in [-0.2, -0.15) is 0 Å². The first-order valence-corrected chi connectivity index (χ1v) is 4.87. The fraction of sp³-hybridized carbons (Fsp3) is 0.273. The summed E-state index contributed by atoms with van der Waals surface area (Å²) in [5.41, 5.74) is 1.07. The van der Waals surface area contributed by atoms with Crippen LogP contribution < -0.4 is 4.90 Å². The van der Waals surface area contributed by atoms with E-state index in [1.807, 2.05) is 0 Å². The monoisotopic (exact) mass is 221 g/mol. The van der Waals surface area contributed by atoms with Crippen LogP contribution in [0.3, 0.4) is 0 Å². The molecule has 0 aliphatic carbocycles. The number of carboxylic acids is 2. The summed E-state index contributed by atoms with van der Waals surface area (Å²) in [5.74, 6) is -2.17. The summed E-state index contributed by atoms with van der Waals surface area (Å²) in [6, 6.07) is 2.98. The molecule has 0 atom stereocenters. The van der Waals surface area contributed by atoms with Crippen molar-refractivity contribution in [2.75, 3.05) is 18.0 Å². The number of carboxylic acid groups (broad SMARTS) is 2. The maximum Gasteiger partial charge on any atom is 0.338 e. The number of hydrogen-bond donors (Lipinski definition) is 2. The van der Waals surface area contributed by atoms with Crippen LogP contribution in [0.25, 0.3) is 0 Å². The number of aromatic carboxylic acids is 2. The van der Waals surface area contributed by atoms with Crippen LogP contribution in [-0.2, 0) is 0 Å². The molecule has 2 rings (SSSR count). The van der Waals surface area contributed by atoms with E-state index in [0.29, 0.717) is 24.3 Å². The lowest BCUT2D eigenvalue weighted by Crippen LogP contribution is -2.12. The first-order valence-electron chi connectivity index (χ1n) is 4.87. The molecule has 16 heavy (non-hydrogen) atoms. The van der Waals surface area contributed by atoms with Crippen LogP contribution in [0, 0.1) is 6.92 Å². The standard InChI is InChI=1S/C11H11NO4/c1-6-2-3-7(10(13)14)9(12-4-5-12)8(6)11(15)16/h2-3H,4-5H2,1H3,(H,13,14)(H,15,16). The maximum absolute atomic E-state index is 11.1. The number of aryl methyl sites for hydroxylation is 1. The zero-order valence-electron chi connectivity index (χ0n) is 8.73. The lowest BCUT2D eigenvalue weighted by molar-refractivity contribution is 0.0695. The van der Waals surface area contributed by atoms with Gasteiger partial charge in [-0.3, -0.25) is 0 Å². The molecular formula is C11H11NO4. The van der Waals surface area contributed by atoms with E-state index in [2.05, 4.69) is 0 Å². The summed E-state index contributed by atoms with van der Waals surface area (Å²) in [6.45, 7) is 3.09. The molecule has 1 saturated heterocycles. The molecule has 84 valence electrons. The molecule has 5 heteroatoms. The molecule has 0 unspecified atom stereocenters. The van der Waals surface area contributed by atoms with E-state index in [9.17, 15) is 9.59 Å². The molecule has 1 fully saturated rings. The number of carbonyl (C=O) groups is 2. The van der Waals surface area contributed by atoms with E-state index in [0.717, 1.165) is 0 Å². The van der Waals surface area contributed by atoms with Crippen molar-refractivity contribution in [3.05, 3.63) is 28.8 Å². The van der Waals surface area contributed by atoms with E-state index in [1.165, 1.54) is 12.1 Å². The van der Waals surface area contributed by atoms with E-state index >= 15 is 0 Å². The van der Waals surface area contributed by atoms with Gasteiger partial charge in [0.25, 0.3) is 0 Å². The molecule has 1 aromatic carbocycles. The van der Waals surface area contributed by atoms with Crippen LogP contribution in [0.15, 0.2) is 12.1 Å². The first-order chi connectivity index (χ1) is 7.52. The molecule has 1 aromatic rings. The Morgan fingerprint density at radius 3 is 2.25 bits per heavy atom.